The van der Waals surface area contributed by atoms with Crippen molar-refractivity contribution in [2.45, 2.75) is 31.3 Å². The molecule has 0 bridgehead atoms. The molecule has 1 N–H and O–H groups in total. The lowest BCUT2D eigenvalue weighted by Gasteiger charge is -2.27. The molecule has 3 nitrogen and oxygen atoms in total. The van der Waals surface area contributed by atoms with Crippen molar-refractivity contribution < 1.29 is 9.90 Å². The van der Waals surface area contributed by atoms with Crippen LogP contribution in [0.5, 0.6) is 0 Å². The Bertz CT molecular complexity index is 537. The van der Waals surface area contributed by atoms with Crippen LogP contribution in [0.2, 0.25) is 0 Å². The monoisotopic (exact) mass is 285 g/mol. The van der Waals surface area contributed by atoms with Gasteiger partial charge < -0.3 is 5.11 Å². The van der Waals surface area contributed by atoms with Crippen molar-refractivity contribution in [2.24, 2.45) is 5.92 Å². The molecule has 0 radical (unpaired) electrons. The van der Waals surface area contributed by atoms with Gasteiger partial charge in [-0.2, -0.15) is 0 Å². The lowest BCUT2D eigenvalue weighted by Crippen LogP contribution is -2.38. The van der Waals surface area contributed by atoms with Gasteiger partial charge in [0.05, 0.1) is 6.54 Å². The largest absolute Gasteiger partial charge is 0.377 e. The van der Waals surface area contributed by atoms with Crippen LogP contribution < -0.4 is 0 Å². The van der Waals surface area contributed by atoms with E-state index >= 15 is 0 Å². The Morgan fingerprint density at radius 3 is 2.52 bits per heavy atom. The molecule has 21 heavy (non-hydrogen) atoms. The van der Waals surface area contributed by atoms with E-state index in [2.05, 4.69) is 11.8 Å². The summed E-state index contributed by atoms with van der Waals surface area (Å²) in [6, 6.07) is 9.32. The Morgan fingerprint density at radius 1 is 1.29 bits per heavy atom. The van der Waals surface area contributed by atoms with Gasteiger partial charge >= 0.3 is 0 Å². The Hall–Kier alpha value is -1.63. The van der Waals surface area contributed by atoms with Crippen LogP contribution in [0.3, 0.4) is 0 Å². The van der Waals surface area contributed by atoms with E-state index in [1.54, 1.807) is 0 Å². The van der Waals surface area contributed by atoms with Crippen molar-refractivity contribution in [1.29, 1.82) is 0 Å². The minimum Gasteiger partial charge on any atom is -0.377 e. The second kappa shape index (κ2) is 6.89. The fourth-order valence-corrected chi connectivity index (χ4v) is 2.49. The Kier molecular flexibility index (Phi) is 5.17. The predicted octanol–water partition coefficient (Wildman–Crippen LogP) is 2.20. The zero-order valence-corrected chi connectivity index (χ0v) is 12.8. The highest BCUT2D eigenvalue weighted by Crippen LogP contribution is 2.46. The van der Waals surface area contributed by atoms with Crippen LogP contribution in [0.1, 0.15) is 31.2 Å². The highest BCUT2D eigenvalue weighted by molar-refractivity contribution is 5.89. The normalized spacial score (nSPS) is 17.0. The summed E-state index contributed by atoms with van der Waals surface area (Å²) in [6.45, 7) is 0.694. The second-order valence-electron chi connectivity index (χ2n) is 5.92. The molecule has 0 spiro atoms. The molecule has 1 fully saturated rings. The molecule has 3 heteroatoms. The minimum absolute atomic E-state index is 0.0714. The Labute approximate surface area is 127 Å². The summed E-state index contributed by atoms with van der Waals surface area (Å²) in [6.07, 6.45) is 2.66. The van der Waals surface area contributed by atoms with Crippen LogP contribution >= 0.6 is 0 Å². The van der Waals surface area contributed by atoms with Crippen LogP contribution in [-0.2, 0) is 10.4 Å². The first-order chi connectivity index (χ1) is 10.0. The van der Waals surface area contributed by atoms with Crippen LogP contribution in [0, 0.1) is 17.8 Å². The molecule has 0 amide bonds. The third kappa shape index (κ3) is 3.93. The summed E-state index contributed by atoms with van der Waals surface area (Å²) in [4.78, 5) is 14.5. The quantitative estimate of drug-likeness (QED) is 0.815. The lowest BCUT2D eigenvalue weighted by atomic mass is 9.83. The van der Waals surface area contributed by atoms with Crippen LogP contribution in [0.15, 0.2) is 30.3 Å². The fourth-order valence-electron chi connectivity index (χ4n) is 2.49. The predicted molar refractivity (Wildman–Crippen MR) is 83.6 cm³/mol. The number of hydrogen-bond donors (Lipinski definition) is 1. The summed E-state index contributed by atoms with van der Waals surface area (Å²) in [5.41, 5.74) is -0.594. The van der Waals surface area contributed by atoms with Crippen molar-refractivity contribution in [3.63, 3.8) is 0 Å². The average molecular weight is 285 g/mol. The number of Topliss-reactive ketones (excluding diaryl/α,β-unsaturated/α-hetero) is 1. The zero-order valence-electron chi connectivity index (χ0n) is 12.8. The minimum atomic E-state index is -1.31. The van der Waals surface area contributed by atoms with E-state index in [9.17, 15) is 9.90 Å². The van der Waals surface area contributed by atoms with E-state index in [1.165, 1.54) is 0 Å². The number of carbonyl (C=O) groups excluding carboxylic acids is 1. The molecular formula is C18H23NO2. The number of carbonyl (C=O) groups is 1. The zero-order chi connectivity index (χ0) is 15.3. The first kappa shape index (κ1) is 15.8. The van der Waals surface area contributed by atoms with E-state index in [-0.39, 0.29) is 11.7 Å². The lowest BCUT2D eigenvalue weighted by molar-refractivity contribution is -0.140. The van der Waals surface area contributed by atoms with Crippen molar-refractivity contribution >= 4 is 5.78 Å². The maximum absolute atomic E-state index is 12.5. The fraction of sp³-hybridized carbons (Fsp3) is 0.500. The summed E-state index contributed by atoms with van der Waals surface area (Å²) >= 11 is 0. The molecule has 1 atom stereocenters. The summed E-state index contributed by atoms with van der Waals surface area (Å²) < 4.78 is 0. The van der Waals surface area contributed by atoms with Gasteiger partial charge in [0.1, 0.15) is 0 Å². The van der Waals surface area contributed by atoms with Gasteiger partial charge in [0.15, 0.2) is 11.4 Å². The van der Waals surface area contributed by atoms with Crippen molar-refractivity contribution in [3.8, 4) is 11.8 Å². The number of hydrogen-bond acceptors (Lipinski definition) is 3. The smallest absolute Gasteiger partial charge is 0.170 e. The molecule has 1 unspecified atom stereocenters. The van der Waals surface area contributed by atoms with Gasteiger partial charge in [-0.3, -0.25) is 9.69 Å². The third-order valence-corrected chi connectivity index (χ3v) is 3.80. The molecule has 0 aliphatic heterocycles. The van der Waals surface area contributed by atoms with Crippen molar-refractivity contribution in [3.05, 3.63) is 35.9 Å². The standard InChI is InChI=1S/C18H23NO2/c1-19(2)14-8-4-7-11-17(20)18(21,16-12-13-16)15-9-5-3-6-10-15/h3,5-6,9-10,16,21H,7,11-14H2,1-2H3. The third-order valence-electron chi connectivity index (χ3n) is 3.80. The molecule has 1 aromatic rings. The highest BCUT2D eigenvalue weighted by atomic mass is 16.3. The Balaban J connectivity index is 2.01. The summed E-state index contributed by atoms with van der Waals surface area (Å²) in [5.74, 6) is 6.00. The second-order valence-corrected chi connectivity index (χ2v) is 5.92. The van der Waals surface area contributed by atoms with Crippen LogP contribution in [0.25, 0.3) is 0 Å². The number of nitrogens with zero attached hydrogens (tertiary/aromatic N) is 1. The van der Waals surface area contributed by atoms with Gasteiger partial charge in [0, 0.05) is 12.8 Å². The summed E-state index contributed by atoms with van der Waals surface area (Å²) in [5, 5.41) is 10.9. The molecule has 112 valence electrons. The number of benzene rings is 1. The van der Waals surface area contributed by atoms with Gasteiger partial charge in [-0.25, -0.2) is 0 Å². The summed E-state index contributed by atoms with van der Waals surface area (Å²) in [7, 11) is 3.92. The molecule has 1 aromatic carbocycles. The molecule has 1 aliphatic carbocycles. The van der Waals surface area contributed by atoms with Crippen LogP contribution in [0.4, 0.5) is 0 Å². The van der Waals surface area contributed by atoms with Gasteiger partial charge in [-0.1, -0.05) is 36.3 Å². The first-order valence-electron chi connectivity index (χ1n) is 7.46. The van der Waals surface area contributed by atoms with Crippen molar-refractivity contribution in [2.75, 3.05) is 20.6 Å². The Morgan fingerprint density at radius 2 is 1.95 bits per heavy atom. The molecule has 1 saturated carbocycles. The van der Waals surface area contributed by atoms with Gasteiger partial charge in [-0.05, 0) is 38.4 Å². The molecule has 1 aliphatic rings. The number of rotatable bonds is 6. The average Bonchev–Trinajstić information content (AvgIpc) is 3.31. The molecule has 2 rings (SSSR count). The van der Waals surface area contributed by atoms with E-state index < -0.39 is 5.60 Å². The van der Waals surface area contributed by atoms with E-state index in [0.717, 1.165) is 18.4 Å². The van der Waals surface area contributed by atoms with E-state index in [0.29, 0.717) is 19.4 Å². The van der Waals surface area contributed by atoms with Gasteiger partial charge in [0.25, 0.3) is 0 Å². The van der Waals surface area contributed by atoms with Crippen LogP contribution in [-0.4, -0.2) is 36.4 Å². The van der Waals surface area contributed by atoms with Crippen molar-refractivity contribution in [1.82, 2.24) is 4.90 Å². The molecule has 0 heterocycles. The van der Waals surface area contributed by atoms with Gasteiger partial charge in [-0.15, -0.1) is 5.92 Å². The van der Waals surface area contributed by atoms with Gasteiger partial charge in [0.2, 0.25) is 0 Å². The molecule has 0 saturated heterocycles. The molecular weight excluding hydrogens is 262 g/mol. The van der Waals surface area contributed by atoms with E-state index in [4.69, 9.17) is 0 Å². The molecule has 0 aromatic heterocycles. The maximum atomic E-state index is 12.5. The number of ketones is 1. The SMILES string of the molecule is CN(C)CC#CCCC(=O)C(O)(c1ccccc1)C1CC1. The van der Waals surface area contributed by atoms with E-state index in [1.807, 2.05) is 49.3 Å². The first-order valence-corrected chi connectivity index (χ1v) is 7.46. The topological polar surface area (TPSA) is 40.5 Å². The maximum Gasteiger partial charge on any atom is 0.170 e. The number of aliphatic hydroxyl groups is 1. The highest BCUT2D eigenvalue weighted by Gasteiger charge is 2.49.